The lowest BCUT2D eigenvalue weighted by atomic mass is 9.45. The van der Waals surface area contributed by atoms with Gasteiger partial charge >= 0.3 is 23.9 Å². The largest absolute Gasteiger partial charge is 0.515 e. The van der Waals surface area contributed by atoms with Crippen LogP contribution in [0.3, 0.4) is 0 Å². The number of aliphatic hydroxyl groups excluding tert-OH is 3. The van der Waals surface area contributed by atoms with Gasteiger partial charge in [-0.3, -0.25) is 14.4 Å². The van der Waals surface area contributed by atoms with Crippen molar-refractivity contribution in [3.63, 3.8) is 0 Å². The smallest absolute Gasteiger partial charge is 0.356 e. The normalized spacial score (nSPS) is 32.9. The number of nitrogens with one attached hydrogen (secondary N) is 1. The van der Waals surface area contributed by atoms with Gasteiger partial charge in [-0.25, -0.2) is 9.59 Å². The van der Waals surface area contributed by atoms with Crippen LogP contribution in [0.4, 0.5) is 0 Å². The SMILES string of the molecule is CC(=O)O[C@@H]1C2=C(C)[C@@H](C(=O)[C@H](O)[C@H](NOC(=O)c3ccccc3)c3ccccc3)C[C@](O)([C@@H]2C)[C@H](OC(=O)c2ccccc2)[C@@H]2[C@]3(OC(C)=O)CO[C@@H]3C[C@H](O)[C@@]2(C)/C1=C/O. The first-order chi connectivity index (χ1) is 29.5. The Balaban J connectivity index is 1.41. The maximum atomic E-state index is 15.1. The molecular weight excluding hydrogens is 803 g/mol. The monoisotopic (exact) mass is 853 g/mol. The third-order valence-corrected chi connectivity index (χ3v) is 13.5. The van der Waals surface area contributed by atoms with Crippen LogP contribution in [0.1, 0.15) is 79.8 Å². The molecule has 3 aromatic carbocycles. The van der Waals surface area contributed by atoms with Crippen LogP contribution in [0, 0.1) is 23.2 Å². The number of benzene rings is 3. The van der Waals surface area contributed by atoms with Gasteiger partial charge in [-0.05, 0) is 48.7 Å². The fourth-order valence-corrected chi connectivity index (χ4v) is 10.3. The third kappa shape index (κ3) is 7.51. The fraction of sp³-hybridized carbons (Fsp3) is 0.426. The first-order valence-electron chi connectivity index (χ1n) is 20.5. The van der Waals surface area contributed by atoms with Gasteiger partial charge in [0.2, 0.25) is 0 Å². The highest BCUT2D eigenvalue weighted by Crippen LogP contribution is 2.64. The van der Waals surface area contributed by atoms with Crippen molar-refractivity contribution < 1.29 is 68.2 Å². The van der Waals surface area contributed by atoms with Crippen LogP contribution >= 0.6 is 0 Å². The van der Waals surface area contributed by atoms with Crippen molar-refractivity contribution in [3.05, 3.63) is 131 Å². The van der Waals surface area contributed by atoms with E-state index in [1.807, 2.05) is 0 Å². The predicted octanol–water partition coefficient (Wildman–Crippen LogP) is 4.42. The van der Waals surface area contributed by atoms with E-state index in [9.17, 15) is 39.6 Å². The van der Waals surface area contributed by atoms with E-state index in [2.05, 4.69) is 5.48 Å². The molecule has 15 nitrogen and oxygen atoms in total. The standard InChI is InChI=1S/C47H51NO14/c1-25-32(38(53)39(54)37(29-15-9-6-10-16-29)48-62-44(56)31-19-13-8-14-20-31)22-46(57)26(2)36(25)40(59-27(3)50)33(23-49)45(5)34(52)21-35-47(24-58-35,61-28(4)51)41(45)42(46)60-43(55)30-17-11-7-12-18-30/h6-20,23,26,32,34-35,37,39-42,48-49,52,54,57H,21-22,24H2,1-5H3/b33-23+/t26-,32+,34+,35-,37-,39-,40+,41+,42-,45-,46+,47+/m1/s1. The molecule has 0 unspecified atom stereocenters. The number of ether oxygens (including phenoxy) is 4. The number of esters is 3. The van der Waals surface area contributed by atoms with E-state index < -0.39 is 107 Å². The summed E-state index contributed by atoms with van der Waals surface area (Å²) in [7, 11) is 0. The Morgan fingerprint density at radius 1 is 0.871 bits per heavy atom. The van der Waals surface area contributed by atoms with Crippen molar-refractivity contribution >= 4 is 29.7 Å². The van der Waals surface area contributed by atoms with E-state index in [1.165, 1.54) is 31.2 Å². The molecule has 3 aliphatic carbocycles. The number of fused-ring (bicyclic) bond motifs is 5. The minimum atomic E-state index is -2.32. The zero-order valence-electron chi connectivity index (χ0n) is 34.9. The van der Waals surface area contributed by atoms with Gasteiger partial charge in [0.05, 0.1) is 36.0 Å². The number of aliphatic hydroxyl groups is 4. The molecule has 0 amide bonds. The molecular formula is C47H51NO14. The van der Waals surface area contributed by atoms with E-state index in [0.29, 0.717) is 11.8 Å². The van der Waals surface area contributed by atoms with Crippen molar-refractivity contribution in [2.24, 2.45) is 23.2 Å². The summed E-state index contributed by atoms with van der Waals surface area (Å²) in [5.41, 5.74) is -2.25. The molecule has 5 N–H and O–H groups in total. The lowest BCUT2D eigenvalue weighted by Crippen LogP contribution is -2.79. The second kappa shape index (κ2) is 17.2. The molecule has 62 heavy (non-hydrogen) atoms. The first kappa shape index (κ1) is 44.3. The lowest BCUT2D eigenvalue weighted by Gasteiger charge is -2.67. The first-order valence-corrected chi connectivity index (χ1v) is 20.5. The van der Waals surface area contributed by atoms with Crippen molar-refractivity contribution in [1.82, 2.24) is 5.48 Å². The third-order valence-electron chi connectivity index (χ3n) is 13.5. The molecule has 15 heteroatoms. The van der Waals surface area contributed by atoms with E-state index in [1.54, 1.807) is 87.5 Å². The molecule has 1 saturated heterocycles. The number of ketones is 1. The summed E-state index contributed by atoms with van der Waals surface area (Å²) in [5, 5.41) is 49.3. The van der Waals surface area contributed by atoms with Crippen LogP contribution in [0.2, 0.25) is 0 Å². The Morgan fingerprint density at radius 2 is 1.45 bits per heavy atom. The molecule has 0 radical (unpaired) electrons. The van der Waals surface area contributed by atoms with Crippen LogP contribution < -0.4 is 5.48 Å². The maximum Gasteiger partial charge on any atom is 0.356 e. The molecule has 1 aliphatic heterocycles. The van der Waals surface area contributed by atoms with Gasteiger partial charge in [0.25, 0.3) is 0 Å². The summed E-state index contributed by atoms with van der Waals surface area (Å²) in [5.74, 6) is -8.08. The van der Waals surface area contributed by atoms with Gasteiger partial charge < -0.3 is 44.2 Å². The zero-order chi connectivity index (χ0) is 44.7. The molecule has 3 fully saturated rings. The Bertz CT molecular complexity index is 2260. The van der Waals surface area contributed by atoms with Crippen molar-refractivity contribution in [3.8, 4) is 0 Å². The molecule has 0 aromatic heterocycles. The summed E-state index contributed by atoms with van der Waals surface area (Å²) in [6.07, 6.45) is -7.61. The topological polar surface area (TPSA) is 224 Å². The van der Waals surface area contributed by atoms with Gasteiger partial charge in [0.1, 0.15) is 36.1 Å². The molecule has 4 aliphatic rings. The number of hydrogen-bond donors (Lipinski definition) is 5. The van der Waals surface area contributed by atoms with E-state index in [-0.39, 0.29) is 40.9 Å². The van der Waals surface area contributed by atoms with E-state index >= 15 is 4.79 Å². The number of carbonyl (C=O) groups is 5. The zero-order valence-corrected chi connectivity index (χ0v) is 34.9. The molecule has 1 heterocycles. The Labute approximate surface area is 358 Å². The van der Waals surface area contributed by atoms with Crippen molar-refractivity contribution in [1.29, 1.82) is 0 Å². The summed E-state index contributed by atoms with van der Waals surface area (Å²) >= 11 is 0. The number of Topliss-reactive ketones (excluding diaryl/α,β-unsaturated/α-hetero) is 1. The maximum absolute atomic E-state index is 15.1. The Hall–Kier alpha value is -5.71. The molecule has 7 rings (SSSR count). The van der Waals surface area contributed by atoms with Gasteiger partial charge in [0.15, 0.2) is 11.4 Å². The summed E-state index contributed by atoms with van der Waals surface area (Å²) in [6, 6.07) is 22.9. The molecule has 2 saturated carbocycles. The van der Waals surface area contributed by atoms with Crippen LogP contribution in [0.15, 0.2) is 114 Å². The number of carbonyl (C=O) groups excluding carboxylic acids is 5. The van der Waals surface area contributed by atoms with Crippen LogP contribution in [0.5, 0.6) is 0 Å². The fourth-order valence-electron chi connectivity index (χ4n) is 10.3. The predicted molar refractivity (Wildman–Crippen MR) is 218 cm³/mol. The van der Waals surface area contributed by atoms with Crippen LogP contribution in [-0.4, -0.2) is 98.4 Å². The van der Waals surface area contributed by atoms with E-state index in [0.717, 1.165) is 6.92 Å². The molecule has 3 aromatic rings. The average molecular weight is 854 g/mol. The summed E-state index contributed by atoms with van der Waals surface area (Å²) in [6.45, 7) is 6.77. The number of rotatable bonds is 11. The summed E-state index contributed by atoms with van der Waals surface area (Å²) in [4.78, 5) is 74.0. The molecule has 12 atom stereocenters. The van der Waals surface area contributed by atoms with Crippen LogP contribution in [0.25, 0.3) is 0 Å². The second-order valence-corrected chi connectivity index (χ2v) is 16.8. The van der Waals surface area contributed by atoms with Crippen molar-refractivity contribution in [2.45, 2.75) is 95.2 Å². The minimum absolute atomic E-state index is 0.0867. The van der Waals surface area contributed by atoms with Gasteiger partial charge in [0, 0.05) is 43.1 Å². The number of hydrogen-bond acceptors (Lipinski definition) is 15. The van der Waals surface area contributed by atoms with Crippen LogP contribution in [-0.2, 0) is 38.2 Å². The van der Waals surface area contributed by atoms with Gasteiger partial charge in [-0.2, -0.15) is 0 Å². The second-order valence-electron chi connectivity index (χ2n) is 16.8. The molecule has 328 valence electrons. The quantitative estimate of drug-likeness (QED) is 0.0592. The average Bonchev–Trinajstić information content (AvgIpc) is 3.25. The highest BCUT2D eigenvalue weighted by molar-refractivity contribution is 5.91. The summed E-state index contributed by atoms with van der Waals surface area (Å²) < 4.78 is 24.5. The molecule has 2 bridgehead atoms. The van der Waals surface area contributed by atoms with Gasteiger partial charge in [-0.15, -0.1) is 5.48 Å². The van der Waals surface area contributed by atoms with Crippen molar-refractivity contribution in [2.75, 3.05) is 6.61 Å². The number of hydroxylamine groups is 1. The molecule has 0 spiro atoms. The highest BCUT2D eigenvalue weighted by atomic mass is 16.7. The van der Waals surface area contributed by atoms with Gasteiger partial charge in [-0.1, -0.05) is 86.2 Å². The van der Waals surface area contributed by atoms with E-state index in [4.69, 9.17) is 23.8 Å². The Kier molecular flexibility index (Phi) is 12.3. The lowest BCUT2D eigenvalue weighted by molar-refractivity contribution is -0.343. The Morgan fingerprint density at radius 3 is 1.98 bits per heavy atom. The highest BCUT2D eigenvalue weighted by Gasteiger charge is 2.76. The number of allylic oxidation sites excluding steroid dienone is 1. The minimum Gasteiger partial charge on any atom is -0.515 e.